The lowest BCUT2D eigenvalue weighted by atomic mass is 9.92. The molecule has 0 aromatic rings. The molecule has 17 heavy (non-hydrogen) atoms. The first-order valence-electron chi connectivity index (χ1n) is 7.82. The van der Waals surface area contributed by atoms with Crippen molar-refractivity contribution in [2.45, 2.75) is 76.4 Å². The van der Waals surface area contributed by atoms with Gasteiger partial charge in [-0.1, -0.05) is 13.3 Å². The van der Waals surface area contributed by atoms with E-state index in [1.807, 2.05) is 0 Å². The maximum Gasteiger partial charge on any atom is 0.0113 e. The smallest absolute Gasteiger partial charge is 0.0113 e. The molecule has 2 N–H and O–H groups in total. The zero-order chi connectivity index (χ0) is 11.7. The van der Waals surface area contributed by atoms with Crippen molar-refractivity contribution in [3.63, 3.8) is 0 Å². The maximum atomic E-state index is 4.00. The van der Waals surface area contributed by atoms with E-state index in [0.717, 1.165) is 30.0 Å². The van der Waals surface area contributed by atoms with Gasteiger partial charge in [-0.25, -0.2) is 0 Å². The van der Waals surface area contributed by atoms with Gasteiger partial charge in [0, 0.05) is 18.1 Å². The van der Waals surface area contributed by atoms with E-state index in [9.17, 15) is 0 Å². The third-order valence-corrected chi connectivity index (χ3v) is 5.33. The predicted octanol–water partition coefficient (Wildman–Crippen LogP) is 2.69. The van der Waals surface area contributed by atoms with E-state index < -0.39 is 0 Å². The van der Waals surface area contributed by atoms with Crippen LogP contribution in [0.5, 0.6) is 0 Å². The molecule has 0 aromatic carbocycles. The largest absolute Gasteiger partial charge is 0.314 e. The van der Waals surface area contributed by atoms with Gasteiger partial charge >= 0.3 is 0 Å². The van der Waals surface area contributed by atoms with Gasteiger partial charge in [0.05, 0.1) is 0 Å². The Kier molecular flexibility index (Phi) is 3.72. The molecular formula is C15H28N2. The molecular weight excluding hydrogens is 208 g/mol. The second kappa shape index (κ2) is 5.27. The van der Waals surface area contributed by atoms with Crippen molar-refractivity contribution in [1.82, 2.24) is 10.6 Å². The van der Waals surface area contributed by atoms with Crippen LogP contribution in [0.3, 0.4) is 0 Å². The van der Waals surface area contributed by atoms with E-state index in [1.165, 1.54) is 57.9 Å². The van der Waals surface area contributed by atoms with Crippen LogP contribution in [0.25, 0.3) is 0 Å². The zero-order valence-electron chi connectivity index (χ0n) is 11.3. The van der Waals surface area contributed by atoms with Gasteiger partial charge in [0.25, 0.3) is 0 Å². The Morgan fingerprint density at radius 2 is 1.94 bits per heavy atom. The average Bonchev–Trinajstić information content (AvgIpc) is 3.00. The van der Waals surface area contributed by atoms with Crippen LogP contribution in [-0.4, -0.2) is 24.7 Å². The van der Waals surface area contributed by atoms with Crippen LogP contribution >= 0.6 is 0 Å². The summed E-state index contributed by atoms with van der Waals surface area (Å²) in [5.74, 6) is 1.88. The van der Waals surface area contributed by atoms with Gasteiger partial charge in [-0.15, -0.1) is 0 Å². The molecule has 2 heteroatoms. The van der Waals surface area contributed by atoms with E-state index in [2.05, 4.69) is 17.6 Å². The second-order valence-electron chi connectivity index (χ2n) is 6.69. The molecule has 3 rings (SSSR count). The zero-order valence-corrected chi connectivity index (χ0v) is 11.3. The Balaban J connectivity index is 1.54. The summed E-state index contributed by atoms with van der Waals surface area (Å²) in [7, 11) is 0. The third kappa shape index (κ3) is 2.68. The molecule has 0 radical (unpaired) electrons. The topological polar surface area (TPSA) is 24.1 Å². The van der Waals surface area contributed by atoms with Crippen molar-refractivity contribution in [3.05, 3.63) is 0 Å². The van der Waals surface area contributed by atoms with Crippen LogP contribution in [0.2, 0.25) is 0 Å². The Bertz CT molecular complexity index is 247. The molecule has 3 aliphatic rings. The van der Waals surface area contributed by atoms with Crippen LogP contribution < -0.4 is 10.6 Å². The monoisotopic (exact) mass is 236 g/mol. The highest BCUT2D eigenvalue weighted by molar-refractivity contribution is 4.95. The first kappa shape index (κ1) is 12.0. The lowest BCUT2D eigenvalue weighted by molar-refractivity contribution is 0.296. The fraction of sp³-hybridized carbons (Fsp3) is 1.00. The van der Waals surface area contributed by atoms with Gasteiger partial charge in [0.1, 0.15) is 0 Å². The lowest BCUT2D eigenvalue weighted by Gasteiger charge is -2.29. The summed E-state index contributed by atoms with van der Waals surface area (Å²) >= 11 is 0. The fourth-order valence-corrected chi connectivity index (χ4v) is 4.42. The van der Waals surface area contributed by atoms with E-state index in [4.69, 9.17) is 0 Å². The van der Waals surface area contributed by atoms with E-state index >= 15 is 0 Å². The second-order valence-corrected chi connectivity index (χ2v) is 6.69. The summed E-state index contributed by atoms with van der Waals surface area (Å²) in [5.41, 5.74) is 0. The molecule has 1 aliphatic heterocycles. The molecule has 5 atom stereocenters. The fourth-order valence-electron chi connectivity index (χ4n) is 4.42. The predicted molar refractivity (Wildman–Crippen MR) is 72.1 cm³/mol. The van der Waals surface area contributed by atoms with Gasteiger partial charge in [-0.2, -0.15) is 0 Å². The van der Waals surface area contributed by atoms with Crippen LogP contribution in [0.15, 0.2) is 0 Å². The molecule has 1 heterocycles. The highest BCUT2D eigenvalue weighted by atomic mass is 15.0. The van der Waals surface area contributed by atoms with Gasteiger partial charge in [0.2, 0.25) is 0 Å². The number of hydrogen-bond acceptors (Lipinski definition) is 2. The summed E-state index contributed by atoms with van der Waals surface area (Å²) < 4.78 is 0. The highest BCUT2D eigenvalue weighted by Crippen LogP contribution is 2.34. The molecule has 0 bridgehead atoms. The van der Waals surface area contributed by atoms with E-state index in [-0.39, 0.29) is 0 Å². The third-order valence-electron chi connectivity index (χ3n) is 5.33. The number of hydrogen-bond donors (Lipinski definition) is 2. The normalized spacial score (nSPS) is 46.8. The molecule has 2 nitrogen and oxygen atoms in total. The van der Waals surface area contributed by atoms with Crippen LogP contribution in [0.1, 0.15) is 58.3 Å². The molecule has 98 valence electrons. The molecule has 1 saturated heterocycles. The standard InChI is InChI=1S/C15H28N2/c1-11-7-8-12(10-11)17-15-5-2-4-13(15)14-6-3-9-16-14/h11-17H,2-10H2,1H3. The lowest BCUT2D eigenvalue weighted by Crippen LogP contribution is -2.45. The van der Waals surface area contributed by atoms with Crippen molar-refractivity contribution in [1.29, 1.82) is 0 Å². The van der Waals surface area contributed by atoms with Gasteiger partial charge < -0.3 is 10.6 Å². The minimum absolute atomic E-state index is 0.820. The molecule has 2 aliphatic carbocycles. The molecule has 2 saturated carbocycles. The average molecular weight is 236 g/mol. The first-order valence-corrected chi connectivity index (χ1v) is 7.82. The van der Waals surface area contributed by atoms with Crippen molar-refractivity contribution >= 4 is 0 Å². The summed E-state index contributed by atoms with van der Waals surface area (Å²) in [4.78, 5) is 0. The number of rotatable bonds is 3. The van der Waals surface area contributed by atoms with E-state index in [1.54, 1.807) is 0 Å². The molecule has 0 amide bonds. The van der Waals surface area contributed by atoms with Crippen molar-refractivity contribution < 1.29 is 0 Å². The van der Waals surface area contributed by atoms with E-state index in [0.29, 0.717) is 0 Å². The summed E-state index contributed by atoms with van der Waals surface area (Å²) in [6.07, 6.45) is 11.4. The highest BCUT2D eigenvalue weighted by Gasteiger charge is 2.36. The van der Waals surface area contributed by atoms with Crippen molar-refractivity contribution in [2.24, 2.45) is 11.8 Å². The van der Waals surface area contributed by atoms with Crippen molar-refractivity contribution in [3.8, 4) is 0 Å². The van der Waals surface area contributed by atoms with Gasteiger partial charge in [-0.05, 0) is 63.3 Å². The summed E-state index contributed by atoms with van der Waals surface area (Å²) in [6.45, 7) is 3.67. The SMILES string of the molecule is CC1CCC(NC2CCCC2C2CCCN2)C1. The van der Waals surface area contributed by atoms with Crippen LogP contribution in [-0.2, 0) is 0 Å². The minimum Gasteiger partial charge on any atom is -0.314 e. The van der Waals surface area contributed by atoms with Gasteiger partial charge in [-0.3, -0.25) is 0 Å². The minimum atomic E-state index is 0.820. The number of nitrogens with one attached hydrogen (secondary N) is 2. The molecule has 5 unspecified atom stereocenters. The first-order chi connectivity index (χ1) is 8.33. The van der Waals surface area contributed by atoms with Gasteiger partial charge in [0.15, 0.2) is 0 Å². The summed E-state index contributed by atoms with van der Waals surface area (Å²) in [6, 6.07) is 2.48. The quantitative estimate of drug-likeness (QED) is 0.787. The molecule has 3 fully saturated rings. The van der Waals surface area contributed by atoms with Crippen LogP contribution in [0, 0.1) is 11.8 Å². The Morgan fingerprint density at radius 1 is 1.00 bits per heavy atom. The molecule has 0 spiro atoms. The molecule has 0 aromatic heterocycles. The Labute approximate surface area is 106 Å². The Hall–Kier alpha value is -0.0800. The maximum absolute atomic E-state index is 4.00. The van der Waals surface area contributed by atoms with Crippen molar-refractivity contribution in [2.75, 3.05) is 6.54 Å². The Morgan fingerprint density at radius 3 is 2.65 bits per heavy atom. The van der Waals surface area contributed by atoms with Crippen LogP contribution in [0.4, 0.5) is 0 Å². The summed E-state index contributed by atoms with van der Waals surface area (Å²) in [5, 5.41) is 7.72.